The summed E-state index contributed by atoms with van der Waals surface area (Å²) in [6.07, 6.45) is 2.58. The number of ether oxygens (including phenoxy) is 1. The molecule has 1 fully saturated rings. The quantitative estimate of drug-likeness (QED) is 0.852. The lowest BCUT2D eigenvalue weighted by atomic mass is 10.1. The Morgan fingerprint density at radius 1 is 1.50 bits per heavy atom. The molecule has 4 heteroatoms. The molecule has 1 atom stereocenters. The molecule has 1 aromatic rings. The van der Waals surface area contributed by atoms with Crippen LogP contribution in [-0.4, -0.2) is 37.7 Å². The molecule has 2 N–H and O–H groups in total. The Hall–Kier alpha value is -1.41. The molecule has 0 radical (unpaired) electrons. The van der Waals surface area contributed by atoms with E-state index in [0.29, 0.717) is 6.10 Å². The number of benzene rings is 1. The molecule has 20 heavy (non-hydrogen) atoms. The Labute approximate surface area is 119 Å². The van der Waals surface area contributed by atoms with Gasteiger partial charge in [-0.15, -0.1) is 0 Å². The van der Waals surface area contributed by atoms with Gasteiger partial charge in [0.15, 0.2) is 0 Å². The van der Waals surface area contributed by atoms with Crippen LogP contribution in [0.25, 0.3) is 0 Å². The second-order valence-corrected chi connectivity index (χ2v) is 5.14. The first-order chi connectivity index (χ1) is 9.69. The van der Waals surface area contributed by atoms with Gasteiger partial charge in [0.1, 0.15) is 5.82 Å². The molecular weight excluding hydrogens is 255 g/mol. The predicted molar refractivity (Wildman–Crippen MR) is 77.6 cm³/mol. The fraction of sp³-hybridized carbons (Fsp3) is 0.500. The molecule has 1 heterocycles. The zero-order chi connectivity index (χ0) is 14.4. The highest BCUT2D eigenvalue weighted by atomic mass is 19.1. The lowest BCUT2D eigenvalue weighted by Gasteiger charge is -2.21. The Morgan fingerprint density at radius 3 is 3.05 bits per heavy atom. The van der Waals surface area contributed by atoms with Gasteiger partial charge in [0.05, 0.1) is 12.6 Å². The summed E-state index contributed by atoms with van der Waals surface area (Å²) in [5, 5.41) is 0. The summed E-state index contributed by atoms with van der Waals surface area (Å²) < 4.78 is 18.9. The van der Waals surface area contributed by atoms with Gasteiger partial charge in [0.2, 0.25) is 0 Å². The molecule has 0 spiro atoms. The predicted octanol–water partition coefficient (Wildman–Crippen LogP) is 1.75. The second kappa shape index (κ2) is 7.39. The molecule has 108 valence electrons. The van der Waals surface area contributed by atoms with Gasteiger partial charge in [0.25, 0.3) is 0 Å². The molecule has 1 aliphatic heterocycles. The summed E-state index contributed by atoms with van der Waals surface area (Å²) in [5.41, 5.74) is 7.12. The minimum Gasteiger partial charge on any atom is -0.377 e. The van der Waals surface area contributed by atoms with E-state index in [4.69, 9.17) is 10.5 Å². The number of halogens is 1. The largest absolute Gasteiger partial charge is 0.377 e. The van der Waals surface area contributed by atoms with Crippen molar-refractivity contribution < 1.29 is 9.13 Å². The Morgan fingerprint density at radius 2 is 2.35 bits per heavy atom. The fourth-order valence-corrected chi connectivity index (χ4v) is 2.44. The molecule has 3 nitrogen and oxygen atoms in total. The third-order valence-electron chi connectivity index (χ3n) is 3.38. The maximum atomic E-state index is 13.3. The minimum atomic E-state index is -0.267. The number of nitrogens with two attached hydrogens (primary N) is 1. The Balaban J connectivity index is 2.03. The van der Waals surface area contributed by atoms with Gasteiger partial charge < -0.3 is 10.5 Å². The van der Waals surface area contributed by atoms with Gasteiger partial charge in [-0.25, -0.2) is 4.39 Å². The van der Waals surface area contributed by atoms with Crippen LogP contribution in [-0.2, 0) is 11.3 Å². The van der Waals surface area contributed by atoms with E-state index in [1.54, 1.807) is 6.07 Å². The maximum Gasteiger partial charge on any atom is 0.124 e. The van der Waals surface area contributed by atoms with Crippen molar-refractivity contribution in [3.63, 3.8) is 0 Å². The monoisotopic (exact) mass is 276 g/mol. The topological polar surface area (TPSA) is 38.5 Å². The Bertz CT molecular complexity index is 501. The second-order valence-electron chi connectivity index (χ2n) is 5.14. The third kappa shape index (κ3) is 4.31. The van der Waals surface area contributed by atoms with Crippen LogP contribution in [0.2, 0.25) is 0 Å². The smallest absolute Gasteiger partial charge is 0.124 e. The highest BCUT2D eigenvalue weighted by Gasteiger charge is 2.17. The van der Waals surface area contributed by atoms with Crippen LogP contribution in [0.4, 0.5) is 4.39 Å². The normalized spacial score (nSPS) is 18.1. The highest BCUT2D eigenvalue weighted by Crippen LogP contribution is 2.16. The minimum absolute atomic E-state index is 0.267. The Kier molecular flexibility index (Phi) is 5.54. The van der Waals surface area contributed by atoms with Crippen molar-refractivity contribution in [2.75, 3.05) is 26.7 Å². The van der Waals surface area contributed by atoms with Crippen LogP contribution in [0.3, 0.4) is 0 Å². The fourth-order valence-electron chi connectivity index (χ4n) is 2.44. The number of hydrogen-bond acceptors (Lipinski definition) is 3. The molecule has 1 saturated heterocycles. The van der Waals surface area contributed by atoms with Crippen molar-refractivity contribution in [2.24, 2.45) is 5.73 Å². The maximum absolute atomic E-state index is 13.3. The van der Waals surface area contributed by atoms with E-state index in [-0.39, 0.29) is 12.4 Å². The summed E-state index contributed by atoms with van der Waals surface area (Å²) in [5.74, 6) is 5.46. The number of rotatable bonds is 4. The van der Waals surface area contributed by atoms with Crippen molar-refractivity contribution in [3.05, 3.63) is 35.1 Å². The van der Waals surface area contributed by atoms with Crippen LogP contribution >= 0.6 is 0 Å². The molecule has 0 bridgehead atoms. The molecule has 0 amide bonds. The van der Waals surface area contributed by atoms with Crippen molar-refractivity contribution in [3.8, 4) is 11.8 Å². The van der Waals surface area contributed by atoms with E-state index in [9.17, 15) is 4.39 Å². The summed E-state index contributed by atoms with van der Waals surface area (Å²) in [6, 6.07) is 4.74. The van der Waals surface area contributed by atoms with E-state index in [2.05, 4.69) is 16.7 Å². The van der Waals surface area contributed by atoms with E-state index < -0.39 is 0 Å². The highest BCUT2D eigenvalue weighted by molar-refractivity contribution is 5.41. The first kappa shape index (κ1) is 15.0. The van der Waals surface area contributed by atoms with Crippen LogP contribution in [0, 0.1) is 17.7 Å². The summed E-state index contributed by atoms with van der Waals surface area (Å²) in [6.45, 7) is 2.76. The van der Waals surface area contributed by atoms with E-state index in [0.717, 1.165) is 43.7 Å². The van der Waals surface area contributed by atoms with E-state index in [1.807, 2.05) is 7.05 Å². The number of nitrogens with zero attached hydrogens (tertiary/aromatic N) is 1. The first-order valence-corrected chi connectivity index (χ1v) is 6.96. The molecule has 1 unspecified atom stereocenters. The van der Waals surface area contributed by atoms with Crippen LogP contribution in [0.5, 0.6) is 0 Å². The number of hydrogen-bond donors (Lipinski definition) is 1. The molecule has 0 aliphatic carbocycles. The molecule has 0 saturated carbocycles. The third-order valence-corrected chi connectivity index (χ3v) is 3.38. The zero-order valence-corrected chi connectivity index (χ0v) is 11.9. The average molecular weight is 276 g/mol. The summed E-state index contributed by atoms with van der Waals surface area (Å²) in [4.78, 5) is 2.19. The molecule has 1 aromatic carbocycles. The van der Waals surface area contributed by atoms with Crippen molar-refractivity contribution in [1.82, 2.24) is 4.90 Å². The van der Waals surface area contributed by atoms with E-state index >= 15 is 0 Å². The zero-order valence-electron chi connectivity index (χ0n) is 11.9. The van der Waals surface area contributed by atoms with Gasteiger partial charge in [0, 0.05) is 25.3 Å². The SMILES string of the molecule is CN(Cc1ccc(F)cc1C#CCN)CC1CCCO1. The van der Waals surface area contributed by atoms with Crippen molar-refractivity contribution in [2.45, 2.75) is 25.5 Å². The lowest BCUT2D eigenvalue weighted by molar-refractivity contribution is 0.0793. The van der Waals surface area contributed by atoms with Crippen LogP contribution in [0.1, 0.15) is 24.0 Å². The molecule has 2 rings (SSSR count). The average Bonchev–Trinajstić information content (AvgIpc) is 2.91. The summed E-state index contributed by atoms with van der Waals surface area (Å²) in [7, 11) is 2.05. The van der Waals surface area contributed by atoms with Crippen LogP contribution in [0.15, 0.2) is 18.2 Å². The molecule has 0 aromatic heterocycles. The van der Waals surface area contributed by atoms with Gasteiger partial charge in [-0.3, -0.25) is 4.90 Å². The van der Waals surface area contributed by atoms with Gasteiger partial charge >= 0.3 is 0 Å². The first-order valence-electron chi connectivity index (χ1n) is 6.96. The van der Waals surface area contributed by atoms with Gasteiger partial charge in [-0.1, -0.05) is 17.9 Å². The van der Waals surface area contributed by atoms with Gasteiger partial charge in [-0.05, 0) is 37.6 Å². The molecule has 1 aliphatic rings. The summed E-state index contributed by atoms with van der Waals surface area (Å²) >= 11 is 0. The standard InChI is InChI=1S/C16H21FN2O/c1-19(12-16-5-3-9-20-16)11-14-6-7-15(17)10-13(14)4-2-8-18/h6-7,10,16H,3,5,8-9,11-12,18H2,1H3. The van der Waals surface area contributed by atoms with Crippen LogP contribution < -0.4 is 5.73 Å². The lowest BCUT2D eigenvalue weighted by Crippen LogP contribution is -2.28. The van der Waals surface area contributed by atoms with Crippen molar-refractivity contribution >= 4 is 0 Å². The molecular formula is C16H21FN2O. The van der Waals surface area contributed by atoms with Crippen molar-refractivity contribution in [1.29, 1.82) is 0 Å². The van der Waals surface area contributed by atoms with E-state index in [1.165, 1.54) is 12.1 Å². The number of likely N-dealkylation sites (N-methyl/N-ethyl adjacent to an activating group) is 1. The van der Waals surface area contributed by atoms with Gasteiger partial charge in [-0.2, -0.15) is 0 Å².